The molecule has 2 heteroatoms. The first-order chi connectivity index (χ1) is 9.25. The normalized spacial score (nSPS) is 16.4. The molecule has 0 amide bonds. The van der Waals surface area contributed by atoms with E-state index in [1.54, 1.807) is 0 Å². The second-order valence-corrected chi connectivity index (χ2v) is 6.10. The second kappa shape index (κ2) is 7.66. The summed E-state index contributed by atoms with van der Waals surface area (Å²) in [6, 6.07) is 8.94. The van der Waals surface area contributed by atoms with Gasteiger partial charge in [-0.2, -0.15) is 0 Å². The van der Waals surface area contributed by atoms with Gasteiger partial charge < -0.3 is 5.32 Å². The third kappa shape index (κ3) is 4.96. The Morgan fingerprint density at radius 1 is 1.11 bits per heavy atom. The van der Waals surface area contributed by atoms with Gasteiger partial charge in [-0.1, -0.05) is 38.1 Å². The van der Waals surface area contributed by atoms with Crippen molar-refractivity contribution in [3.63, 3.8) is 0 Å². The largest absolute Gasteiger partial charge is 0.316 e. The number of benzene rings is 1. The van der Waals surface area contributed by atoms with Crippen molar-refractivity contribution in [2.24, 2.45) is 5.92 Å². The van der Waals surface area contributed by atoms with Crippen LogP contribution in [0.3, 0.4) is 0 Å². The standard InChI is InChI=1S/C17H28N2/c1-15(2)13-18-10-9-16-7-3-4-8-17(16)14-19-11-5-6-12-19/h3-4,7-8,15,18H,5-6,9-14H2,1-2H3. The van der Waals surface area contributed by atoms with Crippen molar-refractivity contribution in [3.8, 4) is 0 Å². The Morgan fingerprint density at radius 2 is 1.79 bits per heavy atom. The molecule has 0 radical (unpaired) electrons. The van der Waals surface area contributed by atoms with E-state index >= 15 is 0 Å². The van der Waals surface area contributed by atoms with E-state index in [0.29, 0.717) is 0 Å². The van der Waals surface area contributed by atoms with Gasteiger partial charge in [0, 0.05) is 6.54 Å². The monoisotopic (exact) mass is 260 g/mol. The van der Waals surface area contributed by atoms with E-state index < -0.39 is 0 Å². The average Bonchev–Trinajstić information content (AvgIpc) is 2.89. The van der Waals surface area contributed by atoms with Gasteiger partial charge in [-0.25, -0.2) is 0 Å². The quantitative estimate of drug-likeness (QED) is 0.758. The molecule has 0 saturated carbocycles. The van der Waals surface area contributed by atoms with Gasteiger partial charge in [0.25, 0.3) is 0 Å². The molecule has 0 aromatic heterocycles. The zero-order valence-corrected chi connectivity index (χ0v) is 12.5. The number of hydrogen-bond acceptors (Lipinski definition) is 2. The molecule has 19 heavy (non-hydrogen) atoms. The van der Waals surface area contributed by atoms with Crippen LogP contribution in [-0.2, 0) is 13.0 Å². The maximum Gasteiger partial charge on any atom is 0.0236 e. The Balaban J connectivity index is 1.84. The fourth-order valence-corrected chi connectivity index (χ4v) is 2.75. The summed E-state index contributed by atoms with van der Waals surface area (Å²) in [4.78, 5) is 2.58. The highest BCUT2D eigenvalue weighted by molar-refractivity contribution is 5.27. The smallest absolute Gasteiger partial charge is 0.0236 e. The lowest BCUT2D eigenvalue weighted by atomic mass is 10.0. The zero-order chi connectivity index (χ0) is 13.5. The van der Waals surface area contributed by atoms with Crippen molar-refractivity contribution in [2.45, 2.75) is 39.7 Å². The van der Waals surface area contributed by atoms with Crippen LogP contribution in [-0.4, -0.2) is 31.1 Å². The van der Waals surface area contributed by atoms with Crippen molar-refractivity contribution in [3.05, 3.63) is 35.4 Å². The third-order valence-electron chi connectivity index (χ3n) is 3.83. The van der Waals surface area contributed by atoms with Crippen molar-refractivity contribution < 1.29 is 0 Å². The van der Waals surface area contributed by atoms with Gasteiger partial charge in [-0.05, 0) is 62.5 Å². The summed E-state index contributed by atoms with van der Waals surface area (Å²) < 4.78 is 0. The highest BCUT2D eigenvalue weighted by Gasteiger charge is 2.13. The Hall–Kier alpha value is -0.860. The minimum Gasteiger partial charge on any atom is -0.316 e. The summed E-state index contributed by atoms with van der Waals surface area (Å²) in [7, 11) is 0. The van der Waals surface area contributed by atoms with Gasteiger partial charge in [0.05, 0.1) is 0 Å². The number of likely N-dealkylation sites (tertiary alicyclic amines) is 1. The van der Waals surface area contributed by atoms with E-state index in [-0.39, 0.29) is 0 Å². The molecule has 0 unspecified atom stereocenters. The first-order valence-corrected chi connectivity index (χ1v) is 7.75. The summed E-state index contributed by atoms with van der Waals surface area (Å²) in [5.41, 5.74) is 3.04. The van der Waals surface area contributed by atoms with Gasteiger partial charge >= 0.3 is 0 Å². The fourth-order valence-electron chi connectivity index (χ4n) is 2.75. The van der Waals surface area contributed by atoms with Gasteiger partial charge in [-0.15, -0.1) is 0 Å². The van der Waals surface area contributed by atoms with Crippen LogP contribution in [0.1, 0.15) is 37.8 Å². The van der Waals surface area contributed by atoms with E-state index in [1.165, 1.54) is 37.1 Å². The lowest BCUT2D eigenvalue weighted by Crippen LogP contribution is -2.23. The van der Waals surface area contributed by atoms with Gasteiger partial charge in [0.2, 0.25) is 0 Å². The summed E-state index contributed by atoms with van der Waals surface area (Å²) in [5, 5.41) is 3.54. The van der Waals surface area contributed by atoms with E-state index in [4.69, 9.17) is 0 Å². The molecular formula is C17H28N2. The molecule has 0 spiro atoms. The maximum atomic E-state index is 3.54. The van der Waals surface area contributed by atoms with Gasteiger partial charge in [0.1, 0.15) is 0 Å². The van der Waals surface area contributed by atoms with Crippen molar-refractivity contribution in [2.75, 3.05) is 26.2 Å². The fraction of sp³-hybridized carbons (Fsp3) is 0.647. The molecule has 1 N–H and O–H groups in total. The number of hydrogen-bond donors (Lipinski definition) is 1. The molecule has 106 valence electrons. The molecule has 0 atom stereocenters. The SMILES string of the molecule is CC(C)CNCCc1ccccc1CN1CCCC1. The van der Waals surface area contributed by atoms with E-state index in [9.17, 15) is 0 Å². The van der Waals surface area contributed by atoms with Crippen LogP contribution < -0.4 is 5.32 Å². The third-order valence-corrected chi connectivity index (χ3v) is 3.83. The van der Waals surface area contributed by atoms with E-state index in [0.717, 1.165) is 32.0 Å². The van der Waals surface area contributed by atoms with Crippen LogP contribution in [0.5, 0.6) is 0 Å². The molecule has 2 rings (SSSR count). The Morgan fingerprint density at radius 3 is 2.47 bits per heavy atom. The zero-order valence-electron chi connectivity index (χ0n) is 12.5. The van der Waals surface area contributed by atoms with Crippen molar-refractivity contribution in [1.29, 1.82) is 0 Å². The molecule has 1 fully saturated rings. The second-order valence-electron chi connectivity index (χ2n) is 6.10. The van der Waals surface area contributed by atoms with Crippen molar-refractivity contribution >= 4 is 0 Å². The average molecular weight is 260 g/mol. The van der Waals surface area contributed by atoms with Crippen molar-refractivity contribution in [1.82, 2.24) is 10.2 Å². The van der Waals surface area contributed by atoms with Crippen LogP contribution in [0.4, 0.5) is 0 Å². The minimum atomic E-state index is 0.736. The molecule has 1 saturated heterocycles. The first-order valence-electron chi connectivity index (χ1n) is 7.75. The number of nitrogens with one attached hydrogen (secondary N) is 1. The van der Waals surface area contributed by atoms with Crippen LogP contribution in [0, 0.1) is 5.92 Å². The molecule has 0 bridgehead atoms. The highest BCUT2D eigenvalue weighted by atomic mass is 15.1. The van der Waals surface area contributed by atoms with Gasteiger partial charge in [-0.3, -0.25) is 4.90 Å². The predicted octanol–water partition coefficient (Wildman–Crippen LogP) is 3.07. The number of nitrogens with zero attached hydrogens (tertiary/aromatic N) is 1. The van der Waals surface area contributed by atoms with Crippen LogP contribution in [0.2, 0.25) is 0 Å². The number of rotatable bonds is 7. The molecule has 2 nitrogen and oxygen atoms in total. The lowest BCUT2D eigenvalue weighted by Gasteiger charge is -2.17. The molecule has 1 aromatic carbocycles. The maximum absolute atomic E-state index is 3.54. The molecule has 1 aliphatic rings. The Kier molecular flexibility index (Phi) is 5.87. The van der Waals surface area contributed by atoms with Crippen LogP contribution in [0.15, 0.2) is 24.3 Å². The van der Waals surface area contributed by atoms with Crippen LogP contribution >= 0.6 is 0 Å². The molecule has 1 aromatic rings. The predicted molar refractivity (Wildman–Crippen MR) is 82.4 cm³/mol. The Labute approximate surface area is 118 Å². The van der Waals surface area contributed by atoms with E-state index in [2.05, 4.69) is 48.3 Å². The summed E-state index contributed by atoms with van der Waals surface area (Å²) in [5.74, 6) is 0.736. The van der Waals surface area contributed by atoms with E-state index in [1.807, 2.05) is 0 Å². The molecular weight excluding hydrogens is 232 g/mol. The van der Waals surface area contributed by atoms with Crippen LogP contribution in [0.25, 0.3) is 0 Å². The lowest BCUT2D eigenvalue weighted by molar-refractivity contribution is 0.330. The molecule has 1 aliphatic heterocycles. The minimum absolute atomic E-state index is 0.736. The summed E-state index contributed by atoms with van der Waals surface area (Å²) in [6.45, 7) is 10.4. The molecule has 0 aliphatic carbocycles. The topological polar surface area (TPSA) is 15.3 Å². The molecule has 1 heterocycles. The summed E-state index contributed by atoms with van der Waals surface area (Å²) >= 11 is 0. The Bertz CT molecular complexity index is 367. The van der Waals surface area contributed by atoms with Gasteiger partial charge in [0.15, 0.2) is 0 Å². The summed E-state index contributed by atoms with van der Waals surface area (Å²) in [6.07, 6.45) is 3.90. The first kappa shape index (κ1) is 14.5. The highest BCUT2D eigenvalue weighted by Crippen LogP contribution is 2.16.